The Morgan fingerprint density at radius 2 is 1.63 bits per heavy atom. The molecule has 0 spiro atoms. The average Bonchev–Trinajstić information content (AvgIpc) is 3.35. The molecular formula is C26H38N+. The molecule has 1 aromatic carbocycles. The molecule has 0 N–H and O–H groups in total. The second-order valence-corrected chi connectivity index (χ2v) is 7.18. The molecule has 2 heterocycles. The molecule has 0 unspecified atom stereocenters. The van der Waals surface area contributed by atoms with E-state index in [0.29, 0.717) is 5.92 Å². The monoisotopic (exact) mass is 364 g/mol. The summed E-state index contributed by atoms with van der Waals surface area (Å²) in [5, 5.41) is 0. The van der Waals surface area contributed by atoms with Crippen molar-refractivity contribution in [1.82, 2.24) is 0 Å². The molecule has 0 fully saturated rings. The van der Waals surface area contributed by atoms with Crippen LogP contribution < -0.4 is 4.57 Å². The van der Waals surface area contributed by atoms with Gasteiger partial charge in [-0.3, -0.25) is 0 Å². The van der Waals surface area contributed by atoms with Crippen molar-refractivity contribution in [2.24, 2.45) is 5.92 Å². The number of pyridine rings is 1. The molecule has 27 heavy (non-hydrogen) atoms. The normalized spacial score (nSPS) is 13.7. The summed E-state index contributed by atoms with van der Waals surface area (Å²) in [6.07, 6.45) is 8.66. The van der Waals surface area contributed by atoms with E-state index in [4.69, 9.17) is 0 Å². The van der Waals surface area contributed by atoms with Crippen LogP contribution >= 0.6 is 0 Å². The summed E-state index contributed by atoms with van der Waals surface area (Å²) < 4.78 is 2.34. The van der Waals surface area contributed by atoms with Crippen molar-refractivity contribution in [3.05, 3.63) is 78.0 Å². The van der Waals surface area contributed by atoms with Gasteiger partial charge in [0.15, 0.2) is 12.7 Å². The Morgan fingerprint density at radius 3 is 2.15 bits per heavy atom. The van der Waals surface area contributed by atoms with E-state index in [1.54, 1.807) is 0 Å². The summed E-state index contributed by atoms with van der Waals surface area (Å²) in [5.41, 5.74) is 7.18. The lowest BCUT2D eigenvalue weighted by molar-refractivity contribution is -0.672. The summed E-state index contributed by atoms with van der Waals surface area (Å²) in [5.74, 6) is 0.648. The van der Waals surface area contributed by atoms with Gasteiger partial charge in [-0.1, -0.05) is 65.8 Å². The number of nitrogens with zero attached hydrogens (tertiary/aromatic N) is 1. The maximum Gasteiger partial charge on any atom is 0.213 e. The molecule has 0 atom stereocenters. The molecule has 0 saturated heterocycles. The van der Waals surface area contributed by atoms with Crippen LogP contribution in [0.15, 0.2) is 61.3 Å². The van der Waals surface area contributed by atoms with Crippen molar-refractivity contribution >= 4 is 0 Å². The predicted octanol–water partition coefficient (Wildman–Crippen LogP) is 7.02. The Morgan fingerprint density at radius 1 is 1.04 bits per heavy atom. The number of hydrogen-bond acceptors (Lipinski definition) is 0. The van der Waals surface area contributed by atoms with Gasteiger partial charge in [0.1, 0.15) is 0 Å². The van der Waals surface area contributed by atoms with Gasteiger partial charge in [-0.15, -0.1) is 6.58 Å². The lowest BCUT2D eigenvalue weighted by Gasteiger charge is -2.10. The molecule has 0 bridgehead atoms. The second-order valence-electron chi connectivity index (χ2n) is 7.18. The van der Waals surface area contributed by atoms with Crippen LogP contribution in [-0.4, -0.2) is 0 Å². The van der Waals surface area contributed by atoms with Crippen LogP contribution in [-0.2, 0) is 12.0 Å². The molecule has 1 aromatic heterocycles. The van der Waals surface area contributed by atoms with Crippen LogP contribution in [0.2, 0.25) is 0 Å². The molecule has 0 saturated carbocycles. The Bertz CT molecular complexity index is 775. The van der Waals surface area contributed by atoms with E-state index >= 15 is 0 Å². The minimum Gasteiger partial charge on any atom is -0.194 e. The number of fused-ring (bicyclic) bond motifs is 3. The molecule has 1 aliphatic carbocycles. The van der Waals surface area contributed by atoms with Crippen molar-refractivity contribution in [3.63, 3.8) is 0 Å². The van der Waals surface area contributed by atoms with Gasteiger partial charge >= 0.3 is 0 Å². The van der Waals surface area contributed by atoms with Gasteiger partial charge in [-0.05, 0) is 43.0 Å². The Balaban J connectivity index is 0.000000350. The number of aryl methyl sites for hydroxylation is 1. The van der Waals surface area contributed by atoms with Gasteiger partial charge in [0.2, 0.25) is 5.69 Å². The van der Waals surface area contributed by atoms with Crippen molar-refractivity contribution in [2.45, 2.75) is 67.3 Å². The van der Waals surface area contributed by atoms with Crippen molar-refractivity contribution in [2.75, 3.05) is 0 Å². The average molecular weight is 365 g/mol. The first-order chi connectivity index (χ1) is 12.9. The summed E-state index contributed by atoms with van der Waals surface area (Å²) in [6, 6.07) is 11.4. The predicted molar refractivity (Wildman–Crippen MR) is 120 cm³/mol. The summed E-state index contributed by atoms with van der Waals surface area (Å²) in [6.45, 7) is 21.2. The minimum absolute atomic E-state index is 0.227. The fourth-order valence-electron chi connectivity index (χ4n) is 2.82. The lowest BCUT2D eigenvalue weighted by Crippen LogP contribution is -2.31. The number of aromatic nitrogens is 1. The molecule has 2 aromatic rings. The zero-order valence-corrected chi connectivity index (χ0v) is 18.6. The van der Waals surface area contributed by atoms with Crippen LogP contribution in [0.3, 0.4) is 0 Å². The first-order valence-corrected chi connectivity index (χ1v) is 10.4. The van der Waals surface area contributed by atoms with Gasteiger partial charge < -0.3 is 0 Å². The highest BCUT2D eigenvalue weighted by Crippen LogP contribution is 2.40. The van der Waals surface area contributed by atoms with Gasteiger partial charge in [0.25, 0.3) is 0 Å². The lowest BCUT2D eigenvalue weighted by atomic mass is 9.92. The topological polar surface area (TPSA) is 3.88 Å². The molecule has 2 aliphatic rings. The van der Waals surface area contributed by atoms with Crippen molar-refractivity contribution < 1.29 is 4.57 Å². The molecule has 0 radical (unpaired) electrons. The SMILES string of the molecule is C=CC(C)C.CC.CC.Cc1cc[n+]2c(c1)-c1ccc(C3(C)C=C3)cc1C2. The first-order valence-electron chi connectivity index (χ1n) is 10.4. The van der Waals surface area contributed by atoms with E-state index < -0.39 is 0 Å². The number of allylic oxidation sites excluding steroid dienone is 3. The number of hydrogen-bond donors (Lipinski definition) is 0. The van der Waals surface area contributed by atoms with E-state index in [-0.39, 0.29) is 5.41 Å². The molecule has 1 nitrogen and oxygen atoms in total. The van der Waals surface area contributed by atoms with E-state index in [9.17, 15) is 0 Å². The van der Waals surface area contributed by atoms with Gasteiger partial charge in [-0.2, -0.15) is 4.57 Å². The zero-order valence-electron chi connectivity index (χ0n) is 18.6. The van der Waals surface area contributed by atoms with Crippen LogP contribution in [0.4, 0.5) is 0 Å². The smallest absolute Gasteiger partial charge is 0.194 e. The number of benzene rings is 1. The third kappa shape index (κ3) is 5.66. The maximum absolute atomic E-state index is 3.56. The highest BCUT2D eigenvalue weighted by molar-refractivity contribution is 5.65. The molecule has 0 amide bonds. The summed E-state index contributed by atoms with van der Waals surface area (Å²) in [4.78, 5) is 0. The fraction of sp³-hybridized carbons (Fsp3) is 0.423. The minimum atomic E-state index is 0.227. The van der Waals surface area contributed by atoms with Crippen LogP contribution in [0.25, 0.3) is 11.3 Å². The van der Waals surface area contributed by atoms with Gasteiger partial charge in [0.05, 0.1) is 5.56 Å². The molecule has 4 rings (SSSR count). The third-order valence-electron chi connectivity index (χ3n) is 4.67. The Hall–Kier alpha value is -2.15. The fourth-order valence-corrected chi connectivity index (χ4v) is 2.82. The third-order valence-corrected chi connectivity index (χ3v) is 4.67. The van der Waals surface area contributed by atoms with Gasteiger partial charge in [-0.25, -0.2) is 0 Å². The van der Waals surface area contributed by atoms with E-state index in [1.165, 1.54) is 27.9 Å². The summed E-state index contributed by atoms with van der Waals surface area (Å²) in [7, 11) is 0. The zero-order chi connectivity index (χ0) is 20.6. The second kappa shape index (κ2) is 10.3. The molecule has 1 aliphatic heterocycles. The van der Waals surface area contributed by atoms with E-state index in [2.05, 4.69) is 87.5 Å². The van der Waals surface area contributed by atoms with E-state index in [1.807, 2.05) is 33.8 Å². The summed E-state index contributed by atoms with van der Waals surface area (Å²) >= 11 is 0. The Kier molecular flexibility index (Phi) is 8.69. The maximum atomic E-state index is 3.56. The molecular weight excluding hydrogens is 326 g/mol. The Labute approximate surface area is 167 Å². The highest BCUT2D eigenvalue weighted by atomic mass is 15.0. The standard InChI is InChI=1S/C17H16N.C5H10.2C2H6/c1-12-5-8-18-11-13-10-14(17(2)6-7-17)3-4-15(13)16(18)9-12;1-4-5(2)3;2*1-2/h3-10H,11H2,1-2H3;4-5H,1H2,2-3H3;2*1-2H3/q+1;;;. The highest BCUT2D eigenvalue weighted by Gasteiger charge is 2.33. The largest absolute Gasteiger partial charge is 0.213 e. The van der Waals surface area contributed by atoms with Crippen LogP contribution in [0.5, 0.6) is 0 Å². The van der Waals surface area contributed by atoms with Crippen LogP contribution in [0, 0.1) is 12.8 Å². The quantitative estimate of drug-likeness (QED) is 0.340. The molecule has 1 heteroatoms. The van der Waals surface area contributed by atoms with Crippen molar-refractivity contribution in [1.29, 1.82) is 0 Å². The van der Waals surface area contributed by atoms with Crippen molar-refractivity contribution in [3.8, 4) is 11.3 Å². The first kappa shape index (κ1) is 22.9. The number of rotatable bonds is 2. The van der Waals surface area contributed by atoms with E-state index in [0.717, 1.165) is 6.54 Å². The van der Waals surface area contributed by atoms with Crippen LogP contribution in [0.1, 0.15) is 65.2 Å². The van der Waals surface area contributed by atoms with Gasteiger partial charge in [0, 0.05) is 23.1 Å². The molecule has 146 valence electrons.